The van der Waals surface area contributed by atoms with E-state index in [1.165, 1.54) is 0 Å². The van der Waals surface area contributed by atoms with E-state index >= 15 is 0 Å². The fourth-order valence-electron chi connectivity index (χ4n) is 1.92. The van der Waals surface area contributed by atoms with E-state index in [4.69, 9.17) is 9.47 Å². The van der Waals surface area contributed by atoms with Crippen molar-refractivity contribution in [2.24, 2.45) is 5.92 Å². The van der Waals surface area contributed by atoms with Crippen molar-refractivity contribution in [3.63, 3.8) is 0 Å². The normalized spacial score (nSPS) is 12.3. The van der Waals surface area contributed by atoms with Gasteiger partial charge in [-0.05, 0) is 30.9 Å². The molecule has 0 amide bonds. The molecule has 0 saturated carbocycles. The van der Waals surface area contributed by atoms with Crippen molar-refractivity contribution in [3.8, 4) is 0 Å². The molecule has 0 fully saturated rings. The molecule has 1 atom stereocenters. The van der Waals surface area contributed by atoms with Crippen LogP contribution in [0.5, 0.6) is 0 Å². The molecular weight excluding hydrogens is 324 g/mol. The summed E-state index contributed by atoms with van der Waals surface area (Å²) in [4.78, 5) is 11.3. The number of hydrogen-bond donors (Lipinski definition) is 1. The fraction of sp³-hybridized carbons (Fsp3) is 0.533. The average molecular weight is 345 g/mol. The molecule has 0 aromatic heterocycles. The van der Waals surface area contributed by atoms with Crippen molar-refractivity contribution in [1.29, 1.82) is 0 Å². The Kier molecular flexibility index (Phi) is 8.49. The smallest absolute Gasteiger partial charge is 0.306 e. The number of methoxy groups -OCH3 is 1. The lowest BCUT2D eigenvalue weighted by Crippen LogP contribution is -2.17. The maximum atomic E-state index is 11.3. The fourth-order valence-corrected chi connectivity index (χ4v) is 2.37. The summed E-state index contributed by atoms with van der Waals surface area (Å²) in [6, 6.07) is 7.73. The van der Waals surface area contributed by atoms with Crippen molar-refractivity contribution >= 4 is 21.9 Å². The predicted molar refractivity (Wildman–Crippen MR) is 80.9 cm³/mol. The quantitative estimate of drug-likeness (QED) is 0.662. The molecule has 0 bridgehead atoms. The molecule has 1 rings (SSSR count). The van der Waals surface area contributed by atoms with E-state index in [0.717, 1.165) is 16.5 Å². The molecule has 1 unspecified atom stereocenters. The van der Waals surface area contributed by atoms with Gasteiger partial charge >= 0.3 is 5.97 Å². The summed E-state index contributed by atoms with van der Waals surface area (Å²) in [6.07, 6.45) is 1.89. The highest BCUT2D eigenvalue weighted by Gasteiger charge is 2.18. The van der Waals surface area contributed by atoms with Crippen LogP contribution < -0.4 is 0 Å². The Morgan fingerprint density at radius 2 is 2.05 bits per heavy atom. The number of benzene rings is 1. The van der Waals surface area contributed by atoms with Gasteiger partial charge in [-0.25, -0.2) is 0 Å². The van der Waals surface area contributed by atoms with E-state index < -0.39 is 5.97 Å². The molecular formula is C15H21BrO4. The summed E-state index contributed by atoms with van der Waals surface area (Å²) in [5, 5.41) is 9.29. The van der Waals surface area contributed by atoms with E-state index in [-0.39, 0.29) is 5.92 Å². The Balaban J connectivity index is 2.38. The van der Waals surface area contributed by atoms with Crippen molar-refractivity contribution in [1.82, 2.24) is 0 Å². The zero-order chi connectivity index (χ0) is 14.8. The minimum absolute atomic E-state index is 0.375. The molecule has 5 heteroatoms. The lowest BCUT2D eigenvalue weighted by Gasteiger charge is -2.13. The lowest BCUT2D eigenvalue weighted by molar-refractivity contribution is -0.142. The second-order valence-corrected chi connectivity index (χ2v) is 5.43. The molecule has 0 saturated heterocycles. The SMILES string of the molecule is COCCOCCCC(Cc1ccccc1Br)C(=O)O. The number of carboxylic acids is 1. The van der Waals surface area contributed by atoms with Crippen LogP contribution in [0.15, 0.2) is 28.7 Å². The van der Waals surface area contributed by atoms with Crippen LogP contribution in [0.1, 0.15) is 18.4 Å². The monoisotopic (exact) mass is 344 g/mol. The number of aliphatic carboxylic acids is 1. The van der Waals surface area contributed by atoms with Crippen LogP contribution >= 0.6 is 15.9 Å². The Labute approximate surface area is 128 Å². The first-order valence-corrected chi connectivity index (χ1v) is 7.47. The van der Waals surface area contributed by atoms with Gasteiger partial charge in [-0.2, -0.15) is 0 Å². The molecule has 4 nitrogen and oxygen atoms in total. The third-order valence-electron chi connectivity index (χ3n) is 3.05. The molecule has 20 heavy (non-hydrogen) atoms. The number of ether oxygens (including phenoxy) is 2. The predicted octanol–water partition coefficient (Wildman–Crippen LogP) is 3.14. The highest BCUT2D eigenvalue weighted by molar-refractivity contribution is 9.10. The highest BCUT2D eigenvalue weighted by Crippen LogP contribution is 2.22. The van der Waals surface area contributed by atoms with Crippen LogP contribution in [0.4, 0.5) is 0 Å². The van der Waals surface area contributed by atoms with E-state index in [1.54, 1.807) is 7.11 Å². The minimum Gasteiger partial charge on any atom is -0.481 e. The van der Waals surface area contributed by atoms with Crippen LogP contribution in [0.3, 0.4) is 0 Å². The lowest BCUT2D eigenvalue weighted by atomic mass is 9.95. The summed E-state index contributed by atoms with van der Waals surface area (Å²) in [6.45, 7) is 1.70. The van der Waals surface area contributed by atoms with Crippen molar-refractivity contribution in [2.75, 3.05) is 26.9 Å². The van der Waals surface area contributed by atoms with Gasteiger partial charge in [-0.1, -0.05) is 34.1 Å². The third-order valence-corrected chi connectivity index (χ3v) is 3.82. The minimum atomic E-state index is -0.752. The summed E-state index contributed by atoms with van der Waals surface area (Å²) in [7, 11) is 1.63. The zero-order valence-electron chi connectivity index (χ0n) is 11.7. The molecule has 1 aromatic rings. The van der Waals surface area contributed by atoms with E-state index in [0.29, 0.717) is 32.7 Å². The second-order valence-electron chi connectivity index (χ2n) is 4.58. The van der Waals surface area contributed by atoms with Gasteiger partial charge in [0.1, 0.15) is 0 Å². The van der Waals surface area contributed by atoms with Gasteiger partial charge in [-0.3, -0.25) is 4.79 Å². The Morgan fingerprint density at radius 1 is 1.30 bits per heavy atom. The van der Waals surface area contributed by atoms with E-state index in [2.05, 4.69) is 15.9 Å². The van der Waals surface area contributed by atoms with Crippen LogP contribution in [0.25, 0.3) is 0 Å². The second kappa shape index (κ2) is 9.91. The first kappa shape index (κ1) is 17.1. The maximum Gasteiger partial charge on any atom is 0.306 e. The summed E-state index contributed by atoms with van der Waals surface area (Å²) in [5.74, 6) is -1.13. The number of hydrogen-bond acceptors (Lipinski definition) is 3. The van der Waals surface area contributed by atoms with Gasteiger partial charge < -0.3 is 14.6 Å². The van der Waals surface area contributed by atoms with Gasteiger partial charge in [0.2, 0.25) is 0 Å². The number of carboxylic acid groups (broad SMARTS) is 1. The van der Waals surface area contributed by atoms with Crippen molar-refractivity contribution in [3.05, 3.63) is 34.3 Å². The topological polar surface area (TPSA) is 55.8 Å². The van der Waals surface area contributed by atoms with Crippen LogP contribution in [0, 0.1) is 5.92 Å². The van der Waals surface area contributed by atoms with Crippen molar-refractivity contribution in [2.45, 2.75) is 19.3 Å². The Morgan fingerprint density at radius 3 is 2.70 bits per heavy atom. The molecule has 0 aliphatic carbocycles. The molecule has 0 spiro atoms. The van der Waals surface area contributed by atoms with Gasteiger partial charge in [0, 0.05) is 18.2 Å². The van der Waals surface area contributed by atoms with Crippen LogP contribution in [-0.2, 0) is 20.7 Å². The highest BCUT2D eigenvalue weighted by atomic mass is 79.9. The van der Waals surface area contributed by atoms with Gasteiger partial charge in [0.05, 0.1) is 19.1 Å². The Bertz CT molecular complexity index is 409. The largest absolute Gasteiger partial charge is 0.481 e. The average Bonchev–Trinajstić information content (AvgIpc) is 2.43. The zero-order valence-corrected chi connectivity index (χ0v) is 13.3. The molecule has 1 N–H and O–H groups in total. The van der Waals surface area contributed by atoms with Gasteiger partial charge in [0.15, 0.2) is 0 Å². The van der Waals surface area contributed by atoms with Crippen LogP contribution in [-0.4, -0.2) is 38.0 Å². The van der Waals surface area contributed by atoms with E-state index in [9.17, 15) is 9.90 Å². The molecule has 0 radical (unpaired) electrons. The molecule has 0 aliphatic rings. The number of rotatable bonds is 10. The third kappa shape index (κ3) is 6.50. The molecule has 112 valence electrons. The summed E-state index contributed by atoms with van der Waals surface area (Å²) < 4.78 is 11.2. The first-order chi connectivity index (χ1) is 9.65. The summed E-state index contributed by atoms with van der Waals surface area (Å²) >= 11 is 3.45. The van der Waals surface area contributed by atoms with Gasteiger partial charge in [0.25, 0.3) is 0 Å². The number of carbonyl (C=O) groups is 1. The van der Waals surface area contributed by atoms with Crippen LogP contribution in [0.2, 0.25) is 0 Å². The van der Waals surface area contributed by atoms with Crippen molar-refractivity contribution < 1.29 is 19.4 Å². The van der Waals surface area contributed by atoms with E-state index in [1.807, 2.05) is 24.3 Å². The van der Waals surface area contributed by atoms with Gasteiger partial charge in [-0.15, -0.1) is 0 Å². The summed E-state index contributed by atoms with van der Waals surface area (Å²) in [5.41, 5.74) is 1.03. The first-order valence-electron chi connectivity index (χ1n) is 6.68. The molecule has 1 aromatic carbocycles. The maximum absolute atomic E-state index is 11.3. The standard InChI is InChI=1S/C15H21BrO4/c1-19-9-10-20-8-4-6-13(15(17)18)11-12-5-2-3-7-14(12)16/h2-3,5,7,13H,4,6,8-11H2,1H3,(H,17,18). The Hall–Kier alpha value is -0.910. The number of halogens is 1. The molecule has 0 aliphatic heterocycles. The molecule has 0 heterocycles.